The molecular formula is C14H21N. The summed E-state index contributed by atoms with van der Waals surface area (Å²) in [6, 6.07) is 0. The lowest BCUT2D eigenvalue weighted by Crippen LogP contribution is -2.19. The van der Waals surface area contributed by atoms with Crippen LogP contribution in [0.25, 0.3) is 0 Å². The number of hydrogen-bond acceptors (Lipinski definition) is 1. The summed E-state index contributed by atoms with van der Waals surface area (Å²) >= 11 is 0. The lowest BCUT2D eigenvalue weighted by atomic mass is 9.74. The summed E-state index contributed by atoms with van der Waals surface area (Å²) in [5.74, 6) is 0. The Morgan fingerprint density at radius 2 is 2.20 bits per heavy atom. The van der Waals surface area contributed by atoms with E-state index in [-0.39, 0.29) is 5.41 Å². The molecule has 0 aromatic rings. The van der Waals surface area contributed by atoms with Crippen LogP contribution in [0, 0.1) is 5.41 Å². The molecule has 1 aliphatic carbocycles. The topological polar surface area (TPSA) is 12.4 Å². The van der Waals surface area contributed by atoms with Crippen molar-refractivity contribution in [2.75, 3.05) is 0 Å². The molecular weight excluding hydrogens is 182 g/mol. The van der Waals surface area contributed by atoms with Crippen molar-refractivity contribution in [3.8, 4) is 0 Å². The third-order valence-electron chi connectivity index (χ3n) is 3.06. The van der Waals surface area contributed by atoms with Gasteiger partial charge in [-0.1, -0.05) is 39.5 Å². The van der Waals surface area contributed by atoms with Crippen molar-refractivity contribution in [3.05, 3.63) is 35.6 Å². The van der Waals surface area contributed by atoms with Crippen molar-refractivity contribution in [2.24, 2.45) is 10.4 Å². The zero-order valence-electron chi connectivity index (χ0n) is 10.3. The van der Waals surface area contributed by atoms with Gasteiger partial charge < -0.3 is 0 Å². The van der Waals surface area contributed by atoms with E-state index in [0.29, 0.717) is 0 Å². The van der Waals surface area contributed by atoms with E-state index < -0.39 is 0 Å². The molecule has 0 saturated heterocycles. The van der Waals surface area contributed by atoms with Crippen molar-refractivity contribution < 1.29 is 0 Å². The summed E-state index contributed by atoms with van der Waals surface area (Å²) in [6.45, 7) is 12.6. The van der Waals surface area contributed by atoms with Gasteiger partial charge in [0, 0.05) is 6.21 Å². The van der Waals surface area contributed by atoms with Gasteiger partial charge in [-0.2, -0.15) is 0 Å². The number of aliphatic imine (C=N–C) groups is 1. The Kier molecular flexibility index (Phi) is 3.67. The molecule has 0 aromatic heterocycles. The van der Waals surface area contributed by atoms with Crippen LogP contribution < -0.4 is 0 Å². The lowest BCUT2D eigenvalue weighted by Gasteiger charge is -2.32. The van der Waals surface area contributed by atoms with Gasteiger partial charge in [0.2, 0.25) is 0 Å². The van der Waals surface area contributed by atoms with Crippen molar-refractivity contribution in [3.63, 3.8) is 0 Å². The highest BCUT2D eigenvalue weighted by atomic mass is 14.7. The first kappa shape index (κ1) is 12.0. The fourth-order valence-electron chi connectivity index (χ4n) is 2.14. The Bertz CT molecular complexity index is 340. The van der Waals surface area contributed by atoms with Crippen LogP contribution in [0.3, 0.4) is 0 Å². The molecule has 0 heterocycles. The van der Waals surface area contributed by atoms with Crippen LogP contribution in [0.4, 0.5) is 0 Å². The molecule has 0 aliphatic heterocycles. The first-order valence-corrected chi connectivity index (χ1v) is 5.58. The molecule has 1 nitrogen and oxygen atoms in total. The van der Waals surface area contributed by atoms with Crippen LogP contribution in [0.1, 0.15) is 40.5 Å². The molecule has 0 bridgehead atoms. The molecule has 1 aliphatic rings. The van der Waals surface area contributed by atoms with Gasteiger partial charge in [0.15, 0.2) is 0 Å². The molecule has 15 heavy (non-hydrogen) atoms. The predicted octanol–water partition coefficient (Wildman–Crippen LogP) is 4.28. The summed E-state index contributed by atoms with van der Waals surface area (Å²) in [6.07, 6.45) is 7.99. The molecule has 1 heteroatoms. The lowest BCUT2D eigenvalue weighted by molar-refractivity contribution is 0.427. The third-order valence-corrected chi connectivity index (χ3v) is 3.06. The quantitative estimate of drug-likeness (QED) is 0.607. The van der Waals surface area contributed by atoms with Crippen LogP contribution in [-0.2, 0) is 0 Å². The van der Waals surface area contributed by atoms with E-state index in [1.54, 1.807) is 12.3 Å². The minimum atomic E-state index is 0.252. The average Bonchev–Trinajstić information content (AvgIpc) is 2.19. The van der Waals surface area contributed by atoms with Crippen molar-refractivity contribution >= 4 is 6.21 Å². The average molecular weight is 203 g/mol. The van der Waals surface area contributed by atoms with Crippen LogP contribution in [0.5, 0.6) is 0 Å². The second-order valence-electron chi connectivity index (χ2n) is 4.67. The Balaban J connectivity index is 3.21. The highest BCUT2D eigenvalue weighted by molar-refractivity contribution is 5.72. The molecule has 0 unspecified atom stereocenters. The summed E-state index contributed by atoms with van der Waals surface area (Å²) in [7, 11) is 0. The van der Waals surface area contributed by atoms with Crippen LogP contribution >= 0.6 is 0 Å². The first-order chi connectivity index (χ1) is 7.03. The fourth-order valence-corrected chi connectivity index (χ4v) is 2.14. The Labute approximate surface area is 93.3 Å². The molecule has 0 fully saturated rings. The van der Waals surface area contributed by atoms with Gasteiger partial charge >= 0.3 is 0 Å². The second kappa shape index (κ2) is 4.61. The van der Waals surface area contributed by atoms with Crippen molar-refractivity contribution in [1.82, 2.24) is 0 Å². The van der Waals surface area contributed by atoms with E-state index in [1.807, 2.05) is 0 Å². The van der Waals surface area contributed by atoms with Gasteiger partial charge in [-0.3, -0.25) is 4.99 Å². The van der Waals surface area contributed by atoms with Gasteiger partial charge in [0.05, 0.1) is 5.70 Å². The van der Waals surface area contributed by atoms with Crippen LogP contribution in [0.15, 0.2) is 40.6 Å². The Morgan fingerprint density at radius 3 is 2.73 bits per heavy atom. The zero-order chi connectivity index (χ0) is 11.5. The van der Waals surface area contributed by atoms with E-state index in [0.717, 1.165) is 18.5 Å². The van der Waals surface area contributed by atoms with Crippen LogP contribution in [0.2, 0.25) is 0 Å². The highest BCUT2D eigenvalue weighted by Gasteiger charge is 2.27. The first-order valence-electron chi connectivity index (χ1n) is 5.58. The van der Waals surface area contributed by atoms with Gasteiger partial charge in [-0.05, 0) is 36.3 Å². The smallest absolute Gasteiger partial charge is 0.0652 e. The summed E-state index contributed by atoms with van der Waals surface area (Å²) in [4.78, 5) is 4.50. The largest absolute Gasteiger partial charge is 0.257 e. The monoisotopic (exact) mass is 203 g/mol. The van der Waals surface area contributed by atoms with Crippen molar-refractivity contribution in [1.29, 1.82) is 0 Å². The maximum Gasteiger partial charge on any atom is 0.0652 e. The van der Waals surface area contributed by atoms with E-state index in [2.05, 4.69) is 45.3 Å². The highest BCUT2D eigenvalue weighted by Crippen LogP contribution is 2.41. The molecule has 0 radical (unpaired) electrons. The van der Waals surface area contributed by atoms with Crippen molar-refractivity contribution in [2.45, 2.75) is 40.5 Å². The molecule has 0 saturated carbocycles. The van der Waals surface area contributed by atoms with E-state index in [4.69, 9.17) is 0 Å². The van der Waals surface area contributed by atoms with Gasteiger partial charge in [-0.25, -0.2) is 0 Å². The molecule has 1 rings (SSSR count). The summed E-state index contributed by atoms with van der Waals surface area (Å²) < 4.78 is 0. The number of rotatable bonds is 3. The number of nitrogens with zero attached hydrogens (tertiary/aromatic N) is 1. The molecule has 0 atom stereocenters. The maximum absolute atomic E-state index is 4.50. The molecule has 82 valence electrons. The standard InChI is InChI=1S/C14H21N/c1-6-10-15-13-11(3)8-9-14(4,5)12(13)7-2/h6,8,10H,1,7,9H2,2-5H3. The van der Waals surface area contributed by atoms with E-state index in [1.165, 1.54) is 11.1 Å². The van der Waals surface area contributed by atoms with E-state index >= 15 is 0 Å². The zero-order valence-corrected chi connectivity index (χ0v) is 10.3. The minimum Gasteiger partial charge on any atom is -0.257 e. The third kappa shape index (κ3) is 2.47. The molecule has 0 spiro atoms. The molecule has 0 amide bonds. The van der Waals surface area contributed by atoms with Gasteiger partial charge in [0.1, 0.15) is 0 Å². The van der Waals surface area contributed by atoms with Gasteiger partial charge in [-0.15, -0.1) is 0 Å². The Hall–Kier alpha value is -1.11. The minimum absolute atomic E-state index is 0.252. The summed E-state index contributed by atoms with van der Waals surface area (Å²) in [5.41, 5.74) is 4.17. The summed E-state index contributed by atoms with van der Waals surface area (Å²) in [5, 5.41) is 0. The number of allylic oxidation sites excluding steroid dienone is 4. The molecule has 0 aromatic carbocycles. The Morgan fingerprint density at radius 1 is 1.53 bits per heavy atom. The maximum atomic E-state index is 4.50. The number of hydrogen-bond donors (Lipinski definition) is 0. The van der Waals surface area contributed by atoms with Gasteiger partial charge in [0.25, 0.3) is 0 Å². The van der Waals surface area contributed by atoms with Crippen LogP contribution in [-0.4, -0.2) is 6.21 Å². The second-order valence-corrected chi connectivity index (χ2v) is 4.67. The normalized spacial score (nSPS) is 20.7. The SMILES string of the molecule is C=CC=NC1=C(CC)C(C)(C)CC=C1C. The fraction of sp³-hybridized carbons (Fsp3) is 0.500. The molecule has 0 N–H and O–H groups in total. The van der Waals surface area contributed by atoms with E-state index in [9.17, 15) is 0 Å². The predicted molar refractivity (Wildman–Crippen MR) is 68.2 cm³/mol.